The molecule has 2 amide bonds. The molecule has 0 spiro atoms. The molecule has 0 aliphatic heterocycles. The fraction of sp³-hybridized carbons (Fsp3) is 0.214. The summed E-state index contributed by atoms with van der Waals surface area (Å²) >= 11 is 0. The predicted octanol–water partition coefficient (Wildman–Crippen LogP) is 1.42. The molecule has 0 aliphatic carbocycles. The van der Waals surface area contributed by atoms with E-state index in [9.17, 15) is 19.7 Å². The first kappa shape index (κ1) is 16.1. The normalized spacial score (nSPS) is 10.2. The Hall–Kier alpha value is -3.23. The molecule has 23 heavy (non-hydrogen) atoms. The molecule has 9 heteroatoms. The molecule has 120 valence electrons. The Labute approximate surface area is 131 Å². The largest absolute Gasteiger partial charge is 0.354 e. The Morgan fingerprint density at radius 2 is 2.09 bits per heavy atom. The average molecular weight is 317 g/mol. The zero-order chi connectivity index (χ0) is 17.0. The number of benzene rings is 1. The summed E-state index contributed by atoms with van der Waals surface area (Å²) in [4.78, 5) is 34.2. The van der Waals surface area contributed by atoms with Crippen molar-refractivity contribution in [2.24, 2.45) is 0 Å². The first-order valence-corrected chi connectivity index (χ1v) is 6.81. The average Bonchev–Trinajstić information content (AvgIpc) is 2.97. The number of nitrogens with zero attached hydrogens (tertiary/aromatic N) is 3. The Kier molecular flexibility index (Phi) is 4.69. The number of non-ortho nitro benzene ring substituents is 1. The zero-order valence-corrected chi connectivity index (χ0v) is 12.6. The van der Waals surface area contributed by atoms with Gasteiger partial charge in [0.05, 0.1) is 10.6 Å². The number of amides is 2. The molecule has 2 rings (SSSR count). The van der Waals surface area contributed by atoms with Gasteiger partial charge in [-0.2, -0.15) is 5.10 Å². The first-order chi connectivity index (χ1) is 11.0. The van der Waals surface area contributed by atoms with Crippen molar-refractivity contribution >= 4 is 23.2 Å². The Balaban J connectivity index is 2.30. The van der Waals surface area contributed by atoms with E-state index < -0.39 is 16.7 Å². The van der Waals surface area contributed by atoms with Crippen molar-refractivity contribution in [1.82, 2.24) is 15.1 Å². The van der Waals surface area contributed by atoms with Crippen LogP contribution in [0, 0.1) is 10.1 Å². The monoisotopic (exact) mass is 317 g/mol. The van der Waals surface area contributed by atoms with Gasteiger partial charge in [0.1, 0.15) is 0 Å². The minimum Gasteiger partial charge on any atom is -0.354 e. The van der Waals surface area contributed by atoms with E-state index >= 15 is 0 Å². The number of nitro groups is 1. The summed E-state index contributed by atoms with van der Waals surface area (Å²) in [6, 6.07) is 5.33. The minimum absolute atomic E-state index is 0.0770. The van der Waals surface area contributed by atoms with Gasteiger partial charge >= 0.3 is 0 Å². The van der Waals surface area contributed by atoms with Gasteiger partial charge in [-0.15, -0.1) is 0 Å². The highest BCUT2D eigenvalue weighted by Crippen LogP contribution is 2.18. The van der Waals surface area contributed by atoms with Crippen LogP contribution >= 0.6 is 0 Å². The number of aromatic nitrogens is 2. The summed E-state index contributed by atoms with van der Waals surface area (Å²) in [5.41, 5.74) is 0.246. The van der Waals surface area contributed by atoms with Crippen molar-refractivity contribution in [2.45, 2.75) is 13.5 Å². The summed E-state index contributed by atoms with van der Waals surface area (Å²) in [6.45, 7) is 2.36. The van der Waals surface area contributed by atoms with Gasteiger partial charge in [0, 0.05) is 37.5 Å². The third-order valence-corrected chi connectivity index (χ3v) is 3.10. The van der Waals surface area contributed by atoms with Gasteiger partial charge in [-0.05, 0) is 13.0 Å². The summed E-state index contributed by atoms with van der Waals surface area (Å²) in [5, 5.41) is 19.8. The van der Waals surface area contributed by atoms with Crippen LogP contribution < -0.4 is 10.6 Å². The van der Waals surface area contributed by atoms with Crippen molar-refractivity contribution in [3.63, 3.8) is 0 Å². The lowest BCUT2D eigenvalue weighted by Crippen LogP contribution is -2.21. The molecule has 9 nitrogen and oxygen atoms in total. The highest BCUT2D eigenvalue weighted by molar-refractivity contribution is 6.08. The van der Waals surface area contributed by atoms with Gasteiger partial charge in [0.25, 0.3) is 17.5 Å². The number of hydrogen-bond donors (Lipinski definition) is 2. The molecule has 0 unspecified atom stereocenters. The van der Waals surface area contributed by atoms with Crippen LogP contribution in [0.15, 0.2) is 30.5 Å². The van der Waals surface area contributed by atoms with Crippen molar-refractivity contribution in [3.05, 3.63) is 51.8 Å². The Morgan fingerprint density at radius 3 is 2.70 bits per heavy atom. The molecule has 1 aromatic heterocycles. The maximum Gasteiger partial charge on any atom is 0.273 e. The number of carbonyl (C=O) groups excluding carboxylic acids is 2. The van der Waals surface area contributed by atoms with Gasteiger partial charge in [0.2, 0.25) is 0 Å². The van der Waals surface area contributed by atoms with E-state index in [1.165, 1.54) is 42.2 Å². The lowest BCUT2D eigenvalue weighted by Gasteiger charge is -2.04. The van der Waals surface area contributed by atoms with Crippen LogP contribution in [0.5, 0.6) is 0 Å². The highest BCUT2D eigenvalue weighted by Gasteiger charge is 2.19. The number of rotatable bonds is 5. The minimum atomic E-state index is -0.581. The number of carbonyl (C=O) groups is 2. The number of nitrogens with one attached hydrogen (secondary N) is 2. The van der Waals surface area contributed by atoms with Crippen LogP contribution in [0.4, 0.5) is 11.4 Å². The molecule has 0 saturated heterocycles. The van der Waals surface area contributed by atoms with E-state index in [0.717, 1.165) is 0 Å². The number of aryl methyl sites for hydroxylation is 1. The topological polar surface area (TPSA) is 119 Å². The van der Waals surface area contributed by atoms with Gasteiger partial charge < -0.3 is 10.6 Å². The van der Waals surface area contributed by atoms with E-state index in [1.54, 1.807) is 0 Å². The van der Waals surface area contributed by atoms with Gasteiger partial charge in [-0.1, -0.05) is 6.07 Å². The quantitative estimate of drug-likeness (QED) is 0.638. The first-order valence-electron chi connectivity index (χ1n) is 6.81. The van der Waals surface area contributed by atoms with Gasteiger partial charge in [-0.3, -0.25) is 24.4 Å². The van der Waals surface area contributed by atoms with Crippen molar-refractivity contribution in [1.29, 1.82) is 0 Å². The molecular formula is C14H15N5O4. The van der Waals surface area contributed by atoms with Gasteiger partial charge in [-0.25, -0.2) is 0 Å². The van der Waals surface area contributed by atoms with Crippen LogP contribution in [0.2, 0.25) is 0 Å². The fourth-order valence-corrected chi connectivity index (χ4v) is 1.92. The van der Waals surface area contributed by atoms with Crippen LogP contribution in [0.25, 0.3) is 0 Å². The van der Waals surface area contributed by atoms with Crippen molar-refractivity contribution in [3.8, 4) is 0 Å². The molecular weight excluding hydrogens is 302 g/mol. The van der Waals surface area contributed by atoms with Gasteiger partial charge in [0.15, 0.2) is 5.69 Å². The van der Waals surface area contributed by atoms with Crippen molar-refractivity contribution < 1.29 is 14.5 Å². The second-order valence-corrected chi connectivity index (χ2v) is 4.59. The molecule has 0 bridgehead atoms. The van der Waals surface area contributed by atoms with E-state index in [2.05, 4.69) is 15.7 Å². The second-order valence-electron chi connectivity index (χ2n) is 4.59. The molecule has 1 aromatic carbocycles. The lowest BCUT2D eigenvalue weighted by molar-refractivity contribution is -0.384. The SMILES string of the molecule is CCn1cc(NC(=O)c2cccc([N+](=O)[O-])c2)c(C(=O)NC)n1. The maximum absolute atomic E-state index is 12.2. The summed E-state index contributed by atoms with van der Waals surface area (Å²) in [5.74, 6) is -0.999. The van der Waals surface area contributed by atoms with E-state index in [4.69, 9.17) is 0 Å². The summed E-state index contributed by atoms with van der Waals surface area (Å²) in [7, 11) is 1.46. The summed E-state index contributed by atoms with van der Waals surface area (Å²) in [6.07, 6.45) is 1.53. The molecule has 0 atom stereocenters. The standard InChI is InChI=1S/C14H15N5O4/c1-3-18-8-11(12(17-18)14(21)15-2)16-13(20)9-5-4-6-10(7-9)19(22)23/h4-8H,3H2,1-2H3,(H,15,21)(H,16,20). The molecule has 0 aliphatic rings. The van der Waals surface area contributed by atoms with E-state index in [0.29, 0.717) is 6.54 Å². The maximum atomic E-state index is 12.2. The van der Waals surface area contributed by atoms with Crippen LogP contribution in [0.3, 0.4) is 0 Å². The third kappa shape index (κ3) is 3.51. The summed E-state index contributed by atoms with van der Waals surface area (Å²) < 4.78 is 1.51. The number of anilines is 1. The number of hydrogen-bond acceptors (Lipinski definition) is 5. The fourth-order valence-electron chi connectivity index (χ4n) is 1.92. The highest BCUT2D eigenvalue weighted by atomic mass is 16.6. The van der Waals surface area contributed by atoms with Crippen LogP contribution in [-0.4, -0.2) is 33.6 Å². The van der Waals surface area contributed by atoms with E-state index in [-0.39, 0.29) is 22.6 Å². The zero-order valence-electron chi connectivity index (χ0n) is 12.6. The Morgan fingerprint density at radius 1 is 1.35 bits per heavy atom. The van der Waals surface area contributed by atoms with E-state index in [1.807, 2.05) is 6.92 Å². The van der Waals surface area contributed by atoms with Crippen molar-refractivity contribution in [2.75, 3.05) is 12.4 Å². The van der Waals surface area contributed by atoms with Crippen LogP contribution in [0.1, 0.15) is 27.8 Å². The van der Waals surface area contributed by atoms with Crippen LogP contribution in [-0.2, 0) is 6.54 Å². The molecule has 2 N–H and O–H groups in total. The molecule has 1 heterocycles. The lowest BCUT2D eigenvalue weighted by atomic mass is 10.2. The molecule has 0 saturated carbocycles. The Bertz CT molecular complexity index is 768. The smallest absolute Gasteiger partial charge is 0.273 e. The number of nitro benzene ring substituents is 1. The predicted molar refractivity (Wildman–Crippen MR) is 82.3 cm³/mol. The third-order valence-electron chi connectivity index (χ3n) is 3.10. The second kappa shape index (κ2) is 6.69. The molecule has 0 radical (unpaired) electrons. The molecule has 2 aromatic rings. The molecule has 0 fully saturated rings.